The summed E-state index contributed by atoms with van der Waals surface area (Å²) >= 11 is 0. The molecule has 3 heteroatoms. The van der Waals surface area contributed by atoms with Crippen LogP contribution in [0.3, 0.4) is 0 Å². The quantitative estimate of drug-likeness (QED) is 0.266. The van der Waals surface area contributed by atoms with Crippen LogP contribution >= 0.6 is 7.14 Å². The largest absolute Gasteiger partial charge is 0.485 e. The Kier molecular flexibility index (Phi) is 3.73. The van der Waals surface area contributed by atoms with E-state index in [4.69, 9.17) is 4.74 Å². The summed E-state index contributed by atoms with van der Waals surface area (Å²) in [6.07, 6.45) is 0.283. The van der Waals surface area contributed by atoms with Crippen LogP contribution < -0.4 is 10.0 Å². The fourth-order valence-electron chi connectivity index (χ4n) is 4.27. The fourth-order valence-corrected chi connectivity index (χ4v) is 6.85. The molecule has 1 aliphatic rings. The molecule has 28 heavy (non-hydrogen) atoms. The molecule has 0 bridgehead atoms. The number of ether oxygens (including phenoxy) is 1. The first kappa shape index (κ1) is 17.5. The van der Waals surface area contributed by atoms with Gasteiger partial charge in [-0.3, -0.25) is 0 Å². The molecule has 0 N–H and O–H groups in total. The van der Waals surface area contributed by atoms with Gasteiger partial charge < -0.3 is 9.30 Å². The molecule has 0 aliphatic carbocycles. The van der Waals surface area contributed by atoms with Gasteiger partial charge >= 0.3 is 0 Å². The lowest BCUT2D eigenvalue weighted by Gasteiger charge is -2.28. The molecule has 0 radical (unpaired) electrons. The molecule has 0 saturated heterocycles. The second-order valence-corrected chi connectivity index (χ2v) is 12.1. The van der Waals surface area contributed by atoms with E-state index >= 15 is 0 Å². The van der Waals surface area contributed by atoms with Crippen molar-refractivity contribution >= 4 is 34.0 Å². The van der Waals surface area contributed by atoms with Gasteiger partial charge in [0.15, 0.2) is 7.14 Å². The van der Waals surface area contributed by atoms with E-state index in [-0.39, 0.29) is 11.5 Å². The van der Waals surface area contributed by atoms with Gasteiger partial charge in [-0.2, -0.15) is 0 Å². The molecule has 1 heterocycles. The van der Waals surface area contributed by atoms with Crippen LogP contribution in [-0.2, 0) is 4.57 Å². The van der Waals surface area contributed by atoms with Crippen molar-refractivity contribution in [2.45, 2.75) is 25.9 Å². The summed E-state index contributed by atoms with van der Waals surface area (Å²) < 4.78 is 20.2. The summed E-state index contributed by atoms with van der Waals surface area (Å²) in [6.45, 7) is 6.18. The van der Waals surface area contributed by atoms with Crippen molar-refractivity contribution in [3.63, 3.8) is 0 Å². The lowest BCUT2D eigenvalue weighted by atomic mass is 9.92. The molecular weight excluding hydrogens is 363 g/mol. The lowest BCUT2D eigenvalue weighted by Crippen LogP contribution is -2.23. The SMILES string of the molecule is CC(C)(C)[P@@]1(=O)COc2cccc(-c3c4ccccc4cc4ccccc34)c21. The molecule has 4 aromatic carbocycles. The Morgan fingerprint density at radius 2 is 1.43 bits per heavy atom. The minimum Gasteiger partial charge on any atom is -0.485 e. The van der Waals surface area contributed by atoms with Crippen LogP contribution in [0.5, 0.6) is 5.75 Å². The number of hydrogen-bond acceptors (Lipinski definition) is 2. The third-order valence-corrected chi connectivity index (χ3v) is 9.73. The Hall–Kier alpha value is -2.57. The van der Waals surface area contributed by atoms with Crippen molar-refractivity contribution in [1.82, 2.24) is 0 Å². The second kappa shape index (κ2) is 5.96. The van der Waals surface area contributed by atoms with Crippen LogP contribution in [0.25, 0.3) is 32.7 Å². The van der Waals surface area contributed by atoms with Gasteiger partial charge in [0.05, 0.1) is 5.30 Å². The smallest absolute Gasteiger partial charge is 0.160 e. The summed E-state index contributed by atoms with van der Waals surface area (Å²) in [5.74, 6) is 0.771. The van der Waals surface area contributed by atoms with Crippen LogP contribution in [0.2, 0.25) is 0 Å². The molecule has 0 unspecified atom stereocenters. The summed E-state index contributed by atoms with van der Waals surface area (Å²) in [7, 11) is -2.73. The van der Waals surface area contributed by atoms with E-state index in [2.05, 4.69) is 81.4 Å². The first-order valence-electron chi connectivity index (χ1n) is 9.66. The van der Waals surface area contributed by atoms with Crippen molar-refractivity contribution in [2.24, 2.45) is 0 Å². The summed E-state index contributed by atoms with van der Waals surface area (Å²) in [5, 5.41) is 5.30. The molecule has 1 aliphatic heterocycles. The molecule has 0 amide bonds. The molecular formula is C25H23O2P. The van der Waals surface area contributed by atoms with Gasteiger partial charge in [-0.25, -0.2) is 0 Å². The van der Waals surface area contributed by atoms with Crippen molar-refractivity contribution in [2.75, 3.05) is 6.35 Å². The van der Waals surface area contributed by atoms with Gasteiger partial charge in [-0.05, 0) is 44.8 Å². The van der Waals surface area contributed by atoms with E-state index in [0.717, 1.165) is 22.2 Å². The maximum atomic E-state index is 14.2. The number of benzene rings is 4. The first-order chi connectivity index (χ1) is 13.4. The molecule has 5 rings (SSSR count). The maximum Gasteiger partial charge on any atom is 0.160 e. The van der Waals surface area contributed by atoms with Crippen LogP contribution in [0.1, 0.15) is 20.8 Å². The van der Waals surface area contributed by atoms with E-state index in [1.54, 1.807) is 0 Å². The predicted molar refractivity (Wildman–Crippen MR) is 119 cm³/mol. The minimum absolute atomic E-state index is 0.283. The normalized spacial score (nSPS) is 19.0. The monoisotopic (exact) mass is 386 g/mol. The van der Waals surface area contributed by atoms with Crippen LogP contribution in [0.4, 0.5) is 0 Å². The van der Waals surface area contributed by atoms with Gasteiger partial charge in [0, 0.05) is 5.16 Å². The molecule has 4 aromatic rings. The Labute approximate surface area is 165 Å². The Balaban J connectivity index is 1.96. The average molecular weight is 386 g/mol. The van der Waals surface area contributed by atoms with Crippen LogP contribution in [0.15, 0.2) is 72.8 Å². The maximum absolute atomic E-state index is 14.2. The van der Waals surface area contributed by atoms with Gasteiger partial charge in [-0.1, -0.05) is 81.4 Å². The zero-order chi connectivity index (χ0) is 19.5. The first-order valence-corrected chi connectivity index (χ1v) is 11.6. The number of fused-ring (bicyclic) bond motifs is 3. The lowest BCUT2D eigenvalue weighted by molar-refractivity contribution is 0.389. The van der Waals surface area contributed by atoms with Crippen molar-refractivity contribution in [3.05, 3.63) is 72.8 Å². The topological polar surface area (TPSA) is 26.3 Å². The van der Waals surface area contributed by atoms with Crippen molar-refractivity contribution in [3.8, 4) is 16.9 Å². The molecule has 0 spiro atoms. The third-order valence-electron chi connectivity index (χ3n) is 5.89. The molecule has 140 valence electrons. The highest BCUT2D eigenvalue weighted by molar-refractivity contribution is 7.73. The average Bonchev–Trinajstić information content (AvgIpc) is 3.05. The van der Waals surface area contributed by atoms with E-state index in [0.29, 0.717) is 0 Å². The Morgan fingerprint density at radius 1 is 0.821 bits per heavy atom. The highest BCUT2D eigenvalue weighted by Crippen LogP contribution is 2.63. The van der Waals surface area contributed by atoms with E-state index in [9.17, 15) is 4.57 Å². The second-order valence-electron chi connectivity index (χ2n) is 8.53. The summed E-state index contributed by atoms with van der Waals surface area (Å²) in [6, 6.07) is 25.2. The van der Waals surface area contributed by atoms with Crippen molar-refractivity contribution < 1.29 is 9.30 Å². The Morgan fingerprint density at radius 3 is 2.04 bits per heavy atom. The van der Waals surface area contributed by atoms with Crippen molar-refractivity contribution in [1.29, 1.82) is 0 Å². The standard InChI is InChI=1S/C25H23O2P/c1-25(2,3)28(26)16-27-22-14-8-13-21(24(22)28)23-19-11-6-4-9-17(19)15-18-10-5-7-12-20(18)23/h4-15H,16H2,1-3H3/t28-/m1/s1. The molecule has 2 nitrogen and oxygen atoms in total. The van der Waals surface area contributed by atoms with E-state index in [1.165, 1.54) is 21.5 Å². The van der Waals surface area contributed by atoms with Gasteiger partial charge in [0.25, 0.3) is 0 Å². The van der Waals surface area contributed by atoms with Crippen LogP contribution in [-0.4, -0.2) is 11.5 Å². The zero-order valence-corrected chi connectivity index (χ0v) is 17.3. The van der Waals surface area contributed by atoms with Crippen LogP contribution in [0, 0.1) is 0 Å². The fraction of sp³-hybridized carbons (Fsp3) is 0.200. The van der Waals surface area contributed by atoms with Gasteiger partial charge in [0.2, 0.25) is 0 Å². The van der Waals surface area contributed by atoms with E-state index < -0.39 is 7.14 Å². The molecule has 0 saturated carbocycles. The predicted octanol–water partition coefficient (Wildman–Crippen LogP) is 6.80. The number of rotatable bonds is 1. The molecule has 0 fully saturated rings. The van der Waals surface area contributed by atoms with Gasteiger partial charge in [0.1, 0.15) is 12.1 Å². The third kappa shape index (κ3) is 2.38. The highest BCUT2D eigenvalue weighted by atomic mass is 31.2. The minimum atomic E-state index is -2.73. The Bertz CT molecular complexity index is 1230. The summed E-state index contributed by atoms with van der Waals surface area (Å²) in [5.41, 5.74) is 2.20. The molecule has 0 aromatic heterocycles. The number of hydrogen-bond donors (Lipinski definition) is 0. The highest BCUT2D eigenvalue weighted by Gasteiger charge is 2.46. The molecule has 1 atom stereocenters. The zero-order valence-electron chi connectivity index (χ0n) is 16.4. The van der Waals surface area contributed by atoms with Gasteiger partial charge in [-0.15, -0.1) is 0 Å². The van der Waals surface area contributed by atoms with E-state index in [1.807, 2.05) is 12.1 Å². The summed E-state index contributed by atoms with van der Waals surface area (Å²) in [4.78, 5) is 0.